The normalized spacial score (nSPS) is 17.2. The Bertz CT molecular complexity index is 523. The van der Waals surface area contributed by atoms with Crippen LogP contribution in [0.5, 0.6) is 0 Å². The Balaban J connectivity index is 1.87. The molecule has 1 amide bonds. The van der Waals surface area contributed by atoms with Crippen molar-refractivity contribution >= 4 is 5.91 Å². The fraction of sp³-hybridized carbons (Fsp3) is 0.833. The molecule has 0 bridgehead atoms. The van der Waals surface area contributed by atoms with Gasteiger partial charge in [0.2, 0.25) is 17.7 Å². The summed E-state index contributed by atoms with van der Waals surface area (Å²) in [6, 6.07) is 0.478. The molecule has 0 saturated carbocycles. The van der Waals surface area contributed by atoms with Gasteiger partial charge in [-0.25, -0.2) is 0 Å². The largest absolute Gasteiger partial charge is 0.425 e. The van der Waals surface area contributed by atoms with Crippen LogP contribution in [-0.4, -0.2) is 57.6 Å². The smallest absolute Gasteiger partial charge is 0.237 e. The average Bonchev–Trinajstić information content (AvgIpc) is 2.97. The van der Waals surface area contributed by atoms with Gasteiger partial charge in [-0.3, -0.25) is 9.69 Å². The SMILES string of the molecule is CC(C)c1nnc(C2CCN(CC(=O)N(C(C)C)C(C)C)CC2)o1. The van der Waals surface area contributed by atoms with Crippen LogP contribution in [0.25, 0.3) is 0 Å². The molecule has 24 heavy (non-hydrogen) atoms. The predicted octanol–water partition coefficient (Wildman–Crippen LogP) is 3.02. The molecule has 0 radical (unpaired) electrons. The van der Waals surface area contributed by atoms with E-state index in [1.807, 2.05) is 4.90 Å². The molecule has 2 rings (SSSR count). The minimum absolute atomic E-state index is 0.221. The quantitative estimate of drug-likeness (QED) is 0.799. The molecule has 0 unspecified atom stereocenters. The highest BCUT2D eigenvalue weighted by molar-refractivity contribution is 5.78. The third-order valence-corrected chi connectivity index (χ3v) is 4.65. The lowest BCUT2D eigenvalue weighted by atomic mass is 9.97. The number of carbonyl (C=O) groups excluding carboxylic acids is 1. The van der Waals surface area contributed by atoms with E-state index in [0.29, 0.717) is 18.4 Å². The molecule has 6 nitrogen and oxygen atoms in total. The molecule has 1 aliphatic heterocycles. The van der Waals surface area contributed by atoms with Crippen molar-refractivity contribution in [1.82, 2.24) is 20.0 Å². The number of carbonyl (C=O) groups is 1. The maximum absolute atomic E-state index is 12.6. The summed E-state index contributed by atoms with van der Waals surface area (Å²) in [5.74, 6) is 2.28. The highest BCUT2D eigenvalue weighted by atomic mass is 16.4. The van der Waals surface area contributed by atoms with E-state index in [9.17, 15) is 4.79 Å². The van der Waals surface area contributed by atoms with Gasteiger partial charge in [-0.15, -0.1) is 10.2 Å². The van der Waals surface area contributed by atoms with Crippen LogP contribution in [0.3, 0.4) is 0 Å². The summed E-state index contributed by atoms with van der Waals surface area (Å²) in [5.41, 5.74) is 0. The van der Waals surface area contributed by atoms with Crippen molar-refractivity contribution in [3.8, 4) is 0 Å². The first-order valence-corrected chi connectivity index (χ1v) is 9.16. The second kappa shape index (κ2) is 8.10. The molecule has 0 atom stereocenters. The molecule has 2 heterocycles. The molecular weight excluding hydrogens is 304 g/mol. The number of nitrogens with zero attached hydrogens (tertiary/aromatic N) is 4. The molecule has 136 valence electrons. The van der Waals surface area contributed by atoms with Gasteiger partial charge in [-0.05, 0) is 53.6 Å². The highest BCUT2D eigenvalue weighted by Crippen LogP contribution is 2.28. The molecule has 0 N–H and O–H groups in total. The van der Waals surface area contributed by atoms with Crippen molar-refractivity contribution in [2.45, 2.75) is 78.3 Å². The van der Waals surface area contributed by atoms with E-state index < -0.39 is 0 Å². The molecular formula is C18H32N4O2. The fourth-order valence-corrected chi connectivity index (χ4v) is 3.43. The first-order valence-electron chi connectivity index (χ1n) is 9.16. The number of hydrogen-bond donors (Lipinski definition) is 0. The van der Waals surface area contributed by atoms with Crippen molar-refractivity contribution in [2.24, 2.45) is 0 Å². The zero-order chi connectivity index (χ0) is 17.9. The second-order valence-electron chi connectivity index (χ2n) is 7.67. The van der Waals surface area contributed by atoms with Crippen LogP contribution in [-0.2, 0) is 4.79 Å². The Kier molecular flexibility index (Phi) is 6.38. The van der Waals surface area contributed by atoms with E-state index in [0.717, 1.165) is 31.8 Å². The van der Waals surface area contributed by atoms with Gasteiger partial charge in [0.25, 0.3) is 0 Å². The topological polar surface area (TPSA) is 62.5 Å². The van der Waals surface area contributed by atoms with Gasteiger partial charge in [-0.2, -0.15) is 0 Å². The monoisotopic (exact) mass is 336 g/mol. The van der Waals surface area contributed by atoms with Crippen LogP contribution < -0.4 is 0 Å². The molecule has 1 saturated heterocycles. The number of likely N-dealkylation sites (tertiary alicyclic amines) is 1. The Labute approximate surface area is 145 Å². The van der Waals surface area contributed by atoms with Crippen molar-refractivity contribution in [1.29, 1.82) is 0 Å². The first-order chi connectivity index (χ1) is 11.3. The Morgan fingerprint density at radius 1 is 1.12 bits per heavy atom. The Morgan fingerprint density at radius 2 is 1.71 bits per heavy atom. The summed E-state index contributed by atoms with van der Waals surface area (Å²) < 4.78 is 5.79. The van der Waals surface area contributed by atoms with Gasteiger partial charge < -0.3 is 9.32 Å². The summed E-state index contributed by atoms with van der Waals surface area (Å²) in [6.45, 7) is 14.7. The Hall–Kier alpha value is -1.43. The van der Waals surface area contributed by atoms with E-state index in [2.05, 4.69) is 56.6 Å². The minimum atomic E-state index is 0.221. The van der Waals surface area contributed by atoms with Gasteiger partial charge in [0.05, 0.1) is 6.54 Å². The number of aromatic nitrogens is 2. The molecule has 6 heteroatoms. The zero-order valence-corrected chi connectivity index (χ0v) is 16.0. The number of rotatable bonds is 6. The Morgan fingerprint density at radius 3 is 2.17 bits per heavy atom. The molecule has 0 aliphatic carbocycles. The van der Waals surface area contributed by atoms with E-state index in [4.69, 9.17) is 4.42 Å². The summed E-state index contributed by atoms with van der Waals surface area (Å²) >= 11 is 0. The number of hydrogen-bond acceptors (Lipinski definition) is 5. The van der Waals surface area contributed by atoms with Gasteiger partial charge in [-0.1, -0.05) is 13.8 Å². The lowest BCUT2D eigenvalue weighted by Gasteiger charge is -2.35. The maximum Gasteiger partial charge on any atom is 0.237 e. The zero-order valence-electron chi connectivity index (χ0n) is 16.0. The van der Waals surface area contributed by atoms with E-state index in [-0.39, 0.29) is 23.9 Å². The number of amides is 1. The molecule has 0 aromatic carbocycles. The van der Waals surface area contributed by atoms with Crippen LogP contribution in [0.1, 0.15) is 78.0 Å². The van der Waals surface area contributed by atoms with Gasteiger partial charge in [0.15, 0.2) is 0 Å². The van der Waals surface area contributed by atoms with Crippen LogP contribution >= 0.6 is 0 Å². The molecule has 1 aliphatic rings. The fourth-order valence-electron chi connectivity index (χ4n) is 3.43. The van der Waals surface area contributed by atoms with Crippen LogP contribution in [0.15, 0.2) is 4.42 Å². The van der Waals surface area contributed by atoms with Crippen molar-refractivity contribution < 1.29 is 9.21 Å². The summed E-state index contributed by atoms with van der Waals surface area (Å²) in [7, 11) is 0. The van der Waals surface area contributed by atoms with Crippen LogP contribution in [0.2, 0.25) is 0 Å². The third kappa shape index (κ3) is 4.56. The van der Waals surface area contributed by atoms with Gasteiger partial charge in [0.1, 0.15) is 0 Å². The molecule has 1 fully saturated rings. The molecule has 0 spiro atoms. The predicted molar refractivity (Wildman–Crippen MR) is 93.9 cm³/mol. The van der Waals surface area contributed by atoms with Crippen molar-refractivity contribution in [2.75, 3.05) is 19.6 Å². The highest BCUT2D eigenvalue weighted by Gasteiger charge is 2.28. The third-order valence-electron chi connectivity index (χ3n) is 4.65. The van der Waals surface area contributed by atoms with E-state index in [1.54, 1.807) is 0 Å². The molecule has 1 aromatic heterocycles. The average molecular weight is 336 g/mol. The van der Waals surface area contributed by atoms with Crippen LogP contribution in [0, 0.1) is 0 Å². The standard InChI is InChI=1S/C18H32N4O2/c1-12(2)17-19-20-18(24-17)15-7-9-21(10-8-15)11-16(23)22(13(3)4)14(5)6/h12-15H,7-11H2,1-6H3. The first kappa shape index (κ1) is 18.9. The maximum atomic E-state index is 12.6. The number of piperidine rings is 1. The van der Waals surface area contributed by atoms with Crippen LogP contribution in [0.4, 0.5) is 0 Å². The van der Waals surface area contributed by atoms with E-state index >= 15 is 0 Å². The second-order valence-corrected chi connectivity index (χ2v) is 7.67. The summed E-state index contributed by atoms with van der Waals surface area (Å²) in [4.78, 5) is 16.8. The lowest BCUT2D eigenvalue weighted by molar-refractivity contribution is -0.136. The molecule has 1 aromatic rings. The van der Waals surface area contributed by atoms with Gasteiger partial charge >= 0.3 is 0 Å². The summed E-state index contributed by atoms with van der Waals surface area (Å²) in [5, 5.41) is 8.34. The van der Waals surface area contributed by atoms with Gasteiger partial charge in [0, 0.05) is 23.9 Å². The van der Waals surface area contributed by atoms with E-state index in [1.165, 1.54) is 0 Å². The lowest BCUT2D eigenvalue weighted by Crippen LogP contribution is -2.48. The summed E-state index contributed by atoms with van der Waals surface area (Å²) in [6.07, 6.45) is 1.94. The van der Waals surface area contributed by atoms with Crippen molar-refractivity contribution in [3.63, 3.8) is 0 Å². The van der Waals surface area contributed by atoms with Crippen molar-refractivity contribution in [3.05, 3.63) is 11.8 Å². The minimum Gasteiger partial charge on any atom is -0.425 e.